The minimum absolute atomic E-state index is 0.0726. The number of H-pyrrole nitrogens is 1. The molecule has 0 saturated heterocycles. The number of carbonyl (C=O) groups excluding carboxylic acids is 1. The average molecular weight is 329 g/mol. The van der Waals surface area contributed by atoms with Gasteiger partial charge in [-0.15, -0.1) is 0 Å². The van der Waals surface area contributed by atoms with E-state index in [-0.39, 0.29) is 5.91 Å². The first-order valence-corrected chi connectivity index (χ1v) is 8.28. The molecule has 1 aliphatic heterocycles. The second-order valence-corrected chi connectivity index (χ2v) is 6.49. The Labute approximate surface area is 146 Å². The third kappa shape index (κ3) is 2.66. The molecule has 0 aliphatic carbocycles. The number of hydrogen-bond acceptors (Lipinski definition) is 2. The molecule has 4 rings (SSSR count). The Morgan fingerprint density at radius 3 is 2.60 bits per heavy atom. The number of aromatic amines is 1. The number of aryl methyl sites for hydroxylation is 3. The van der Waals surface area contributed by atoms with Crippen LogP contribution in [0.25, 0.3) is 22.9 Å². The zero-order chi connectivity index (χ0) is 17.6. The Balaban J connectivity index is 1.84. The molecule has 0 saturated carbocycles. The number of nitrogens with zero attached hydrogens (tertiary/aromatic N) is 1. The van der Waals surface area contributed by atoms with Crippen LogP contribution in [0.2, 0.25) is 0 Å². The molecule has 2 N–H and O–H groups in total. The predicted molar refractivity (Wildman–Crippen MR) is 101 cm³/mol. The van der Waals surface area contributed by atoms with Gasteiger partial charge in [-0.05, 0) is 62.2 Å². The molecule has 2 aromatic heterocycles. The molecule has 4 heteroatoms. The van der Waals surface area contributed by atoms with Crippen molar-refractivity contribution in [3.05, 3.63) is 70.7 Å². The van der Waals surface area contributed by atoms with E-state index in [1.54, 1.807) is 6.20 Å². The summed E-state index contributed by atoms with van der Waals surface area (Å²) in [7, 11) is 0. The third-order valence-electron chi connectivity index (χ3n) is 4.56. The van der Waals surface area contributed by atoms with E-state index in [2.05, 4.69) is 21.4 Å². The van der Waals surface area contributed by atoms with Crippen molar-refractivity contribution >= 4 is 23.2 Å². The smallest absolute Gasteiger partial charge is 0.256 e. The highest BCUT2D eigenvalue weighted by atomic mass is 16.2. The average Bonchev–Trinajstić information content (AvgIpc) is 3.07. The molecule has 3 heterocycles. The van der Waals surface area contributed by atoms with Crippen molar-refractivity contribution in [3.8, 4) is 11.3 Å². The van der Waals surface area contributed by atoms with Gasteiger partial charge in [0.25, 0.3) is 5.91 Å². The van der Waals surface area contributed by atoms with Gasteiger partial charge in [0, 0.05) is 34.4 Å². The fourth-order valence-corrected chi connectivity index (χ4v) is 3.31. The van der Waals surface area contributed by atoms with E-state index >= 15 is 0 Å². The fraction of sp³-hybridized carbons (Fsp3) is 0.143. The van der Waals surface area contributed by atoms with Gasteiger partial charge in [-0.3, -0.25) is 9.78 Å². The number of amides is 1. The molecule has 25 heavy (non-hydrogen) atoms. The number of aromatic nitrogens is 2. The Morgan fingerprint density at radius 1 is 1.04 bits per heavy atom. The largest absolute Gasteiger partial charge is 0.359 e. The van der Waals surface area contributed by atoms with Crippen LogP contribution in [0.4, 0.5) is 5.69 Å². The van der Waals surface area contributed by atoms with Crippen LogP contribution in [0.3, 0.4) is 0 Å². The van der Waals surface area contributed by atoms with Crippen molar-refractivity contribution in [1.29, 1.82) is 0 Å². The molecule has 124 valence electrons. The zero-order valence-corrected chi connectivity index (χ0v) is 14.5. The van der Waals surface area contributed by atoms with Gasteiger partial charge in [-0.2, -0.15) is 0 Å². The second kappa shape index (κ2) is 5.74. The van der Waals surface area contributed by atoms with Gasteiger partial charge < -0.3 is 10.3 Å². The highest BCUT2D eigenvalue weighted by Gasteiger charge is 2.25. The molecule has 0 spiro atoms. The first kappa shape index (κ1) is 15.4. The Morgan fingerprint density at radius 2 is 1.88 bits per heavy atom. The van der Waals surface area contributed by atoms with Crippen LogP contribution in [0.15, 0.2) is 42.6 Å². The highest BCUT2D eigenvalue weighted by molar-refractivity contribution is 6.35. The van der Waals surface area contributed by atoms with Crippen molar-refractivity contribution < 1.29 is 4.79 Å². The van der Waals surface area contributed by atoms with Gasteiger partial charge in [0.15, 0.2) is 0 Å². The van der Waals surface area contributed by atoms with Gasteiger partial charge in [0.2, 0.25) is 0 Å². The maximum absolute atomic E-state index is 12.5. The van der Waals surface area contributed by atoms with Gasteiger partial charge in [0.05, 0.1) is 11.3 Å². The summed E-state index contributed by atoms with van der Waals surface area (Å²) in [6, 6.07) is 12.0. The molecule has 1 aromatic carbocycles. The van der Waals surface area contributed by atoms with Crippen molar-refractivity contribution in [2.75, 3.05) is 5.32 Å². The van der Waals surface area contributed by atoms with E-state index in [0.29, 0.717) is 5.57 Å². The molecular weight excluding hydrogens is 310 g/mol. The lowest BCUT2D eigenvalue weighted by Crippen LogP contribution is -2.03. The van der Waals surface area contributed by atoms with Crippen LogP contribution >= 0.6 is 0 Å². The molecule has 0 unspecified atom stereocenters. The predicted octanol–water partition coefficient (Wildman–Crippen LogP) is 4.49. The Bertz CT molecular complexity index is 1030. The molecule has 1 amide bonds. The molecule has 0 fully saturated rings. The molecule has 0 atom stereocenters. The van der Waals surface area contributed by atoms with E-state index in [0.717, 1.165) is 45.0 Å². The second-order valence-electron chi connectivity index (χ2n) is 6.49. The van der Waals surface area contributed by atoms with Crippen LogP contribution < -0.4 is 5.32 Å². The molecule has 3 aromatic rings. The van der Waals surface area contributed by atoms with Gasteiger partial charge in [-0.1, -0.05) is 12.1 Å². The third-order valence-corrected chi connectivity index (χ3v) is 4.56. The number of benzene rings is 1. The van der Waals surface area contributed by atoms with E-state index in [4.69, 9.17) is 0 Å². The van der Waals surface area contributed by atoms with Crippen molar-refractivity contribution in [2.45, 2.75) is 20.8 Å². The monoisotopic (exact) mass is 329 g/mol. The number of anilines is 1. The van der Waals surface area contributed by atoms with Crippen LogP contribution in [-0.2, 0) is 4.79 Å². The number of pyridine rings is 1. The van der Waals surface area contributed by atoms with Crippen molar-refractivity contribution in [1.82, 2.24) is 9.97 Å². The summed E-state index contributed by atoms with van der Waals surface area (Å²) in [5.74, 6) is -0.0726. The van der Waals surface area contributed by atoms with Crippen molar-refractivity contribution in [2.24, 2.45) is 0 Å². The Hall–Kier alpha value is -3.14. The van der Waals surface area contributed by atoms with Gasteiger partial charge >= 0.3 is 0 Å². The Kier molecular flexibility index (Phi) is 3.53. The van der Waals surface area contributed by atoms with Gasteiger partial charge in [0.1, 0.15) is 0 Å². The number of nitrogens with one attached hydrogen (secondary N) is 2. The summed E-state index contributed by atoms with van der Waals surface area (Å²) in [6.07, 6.45) is 3.72. The lowest BCUT2D eigenvalue weighted by molar-refractivity contribution is -0.110. The van der Waals surface area contributed by atoms with Crippen LogP contribution in [0.5, 0.6) is 0 Å². The number of fused-ring (bicyclic) bond motifs is 1. The van der Waals surface area contributed by atoms with E-state index in [9.17, 15) is 4.79 Å². The summed E-state index contributed by atoms with van der Waals surface area (Å²) in [5.41, 5.74) is 8.68. The first-order chi connectivity index (χ1) is 12.0. The standard InChI is InChI=1S/C21H19N3O/c1-12-5-4-8-22-20(12)15-6-7-18-16(10-15)17(21(25)24-18)11-19-13(2)9-14(3)23-19/h4-11,23H,1-3H3,(H,24,25)/b17-11-. The lowest BCUT2D eigenvalue weighted by Gasteiger charge is -2.07. The first-order valence-electron chi connectivity index (χ1n) is 8.28. The molecule has 0 radical (unpaired) electrons. The molecule has 0 bridgehead atoms. The summed E-state index contributed by atoms with van der Waals surface area (Å²) in [4.78, 5) is 20.3. The molecule has 4 nitrogen and oxygen atoms in total. The number of hydrogen-bond donors (Lipinski definition) is 2. The van der Waals surface area contributed by atoms with E-state index in [1.807, 2.05) is 57.2 Å². The summed E-state index contributed by atoms with van der Waals surface area (Å²) < 4.78 is 0. The normalized spacial score (nSPS) is 14.7. The zero-order valence-electron chi connectivity index (χ0n) is 14.5. The minimum Gasteiger partial charge on any atom is -0.359 e. The fourth-order valence-electron chi connectivity index (χ4n) is 3.31. The van der Waals surface area contributed by atoms with E-state index < -0.39 is 0 Å². The lowest BCUT2D eigenvalue weighted by atomic mass is 9.99. The summed E-state index contributed by atoms with van der Waals surface area (Å²) in [5, 5.41) is 2.95. The van der Waals surface area contributed by atoms with E-state index in [1.165, 1.54) is 0 Å². The quantitative estimate of drug-likeness (QED) is 0.680. The number of rotatable bonds is 2. The van der Waals surface area contributed by atoms with Gasteiger partial charge in [-0.25, -0.2) is 0 Å². The van der Waals surface area contributed by atoms with Crippen LogP contribution in [0.1, 0.15) is 28.1 Å². The van der Waals surface area contributed by atoms with Crippen LogP contribution in [-0.4, -0.2) is 15.9 Å². The molecule has 1 aliphatic rings. The summed E-state index contributed by atoms with van der Waals surface area (Å²) >= 11 is 0. The minimum atomic E-state index is -0.0726. The maximum Gasteiger partial charge on any atom is 0.256 e. The molecular formula is C21H19N3O. The maximum atomic E-state index is 12.5. The topological polar surface area (TPSA) is 57.8 Å². The highest BCUT2D eigenvalue weighted by Crippen LogP contribution is 2.36. The number of carbonyl (C=O) groups is 1. The van der Waals surface area contributed by atoms with Crippen LogP contribution in [0, 0.1) is 20.8 Å². The summed E-state index contributed by atoms with van der Waals surface area (Å²) in [6.45, 7) is 6.09. The SMILES string of the molecule is Cc1cc(C)c(/C=C2\C(=O)Nc3ccc(-c4ncccc4C)cc32)[nH]1. The van der Waals surface area contributed by atoms with Crippen molar-refractivity contribution in [3.63, 3.8) is 0 Å².